The maximum absolute atomic E-state index is 13.5. The zero-order valence-corrected chi connectivity index (χ0v) is 10.9. The molecule has 18 heavy (non-hydrogen) atoms. The summed E-state index contributed by atoms with van der Waals surface area (Å²) in [6, 6.07) is 7.74. The fourth-order valence-electron chi connectivity index (χ4n) is 1.52. The van der Waals surface area contributed by atoms with Crippen LogP contribution in [0.5, 0.6) is 0 Å². The minimum absolute atomic E-state index is 0.00597. The van der Waals surface area contributed by atoms with Gasteiger partial charge in [0.05, 0.1) is 5.69 Å². The third-order valence-corrected chi connectivity index (χ3v) is 3.25. The summed E-state index contributed by atoms with van der Waals surface area (Å²) in [5.41, 5.74) is 3.33. The number of benzene rings is 1. The van der Waals surface area contributed by atoms with Crippen molar-refractivity contribution >= 4 is 17.6 Å². The van der Waals surface area contributed by atoms with Gasteiger partial charge in [0, 0.05) is 10.5 Å². The number of nitrogens with zero attached hydrogens (tertiary/aromatic N) is 2. The van der Waals surface area contributed by atoms with Crippen LogP contribution in [0.4, 0.5) is 10.2 Å². The Labute approximate surface area is 109 Å². The van der Waals surface area contributed by atoms with E-state index in [1.165, 1.54) is 0 Å². The lowest BCUT2D eigenvalue weighted by Crippen LogP contribution is -2.13. The summed E-state index contributed by atoms with van der Waals surface area (Å²) >= 11 is 1.65. The highest BCUT2D eigenvalue weighted by Gasteiger charge is 2.11. The molecule has 0 spiro atoms. The Hall–Kier alpha value is -1.66. The van der Waals surface area contributed by atoms with Crippen molar-refractivity contribution in [2.24, 2.45) is 5.84 Å². The van der Waals surface area contributed by atoms with Crippen LogP contribution in [0.2, 0.25) is 0 Å². The topological polar surface area (TPSA) is 63.8 Å². The number of hydrazine groups is 1. The highest BCUT2D eigenvalue weighted by atomic mass is 32.2. The van der Waals surface area contributed by atoms with Gasteiger partial charge in [0.15, 0.2) is 17.5 Å². The first kappa shape index (κ1) is 12.8. The second kappa shape index (κ2) is 5.32. The predicted octanol–water partition coefficient (Wildman–Crippen LogP) is 2.60. The van der Waals surface area contributed by atoms with E-state index in [1.807, 2.05) is 30.5 Å². The van der Waals surface area contributed by atoms with E-state index >= 15 is 0 Å². The molecule has 2 aromatic rings. The number of aromatic nitrogens is 2. The number of hydrogen-bond donors (Lipinski definition) is 2. The van der Waals surface area contributed by atoms with Gasteiger partial charge in [-0.1, -0.05) is 12.1 Å². The average molecular weight is 264 g/mol. The number of aryl methyl sites for hydroxylation is 1. The van der Waals surface area contributed by atoms with Crippen molar-refractivity contribution < 1.29 is 4.39 Å². The number of halogens is 1. The van der Waals surface area contributed by atoms with Crippen molar-refractivity contribution in [3.8, 4) is 11.4 Å². The molecule has 3 N–H and O–H groups in total. The van der Waals surface area contributed by atoms with Crippen molar-refractivity contribution in [2.75, 3.05) is 11.7 Å². The highest BCUT2D eigenvalue weighted by Crippen LogP contribution is 2.23. The number of hydrogen-bond acceptors (Lipinski definition) is 5. The number of anilines is 1. The molecule has 0 aliphatic heterocycles. The van der Waals surface area contributed by atoms with Crippen LogP contribution in [0.15, 0.2) is 29.2 Å². The van der Waals surface area contributed by atoms with Crippen LogP contribution in [-0.4, -0.2) is 16.2 Å². The second-order valence-corrected chi connectivity index (χ2v) is 4.55. The van der Waals surface area contributed by atoms with Crippen LogP contribution in [0.1, 0.15) is 5.69 Å². The van der Waals surface area contributed by atoms with Crippen LogP contribution >= 0.6 is 11.8 Å². The van der Waals surface area contributed by atoms with Gasteiger partial charge in [0.1, 0.15) is 0 Å². The van der Waals surface area contributed by atoms with Gasteiger partial charge in [-0.2, -0.15) is 0 Å². The third kappa shape index (κ3) is 2.44. The minimum atomic E-state index is -0.526. The zero-order chi connectivity index (χ0) is 13.1. The fraction of sp³-hybridized carbons (Fsp3) is 0.167. The molecule has 0 unspecified atom stereocenters. The van der Waals surface area contributed by atoms with Crippen molar-refractivity contribution in [3.63, 3.8) is 0 Å². The van der Waals surface area contributed by atoms with Gasteiger partial charge in [-0.3, -0.25) is 0 Å². The van der Waals surface area contributed by atoms with Crippen molar-refractivity contribution in [1.29, 1.82) is 0 Å². The number of nitrogen functional groups attached to an aromatic ring is 1. The summed E-state index contributed by atoms with van der Waals surface area (Å²) in [5, 5.41) is 0. The third-order valence-electron chi connectivity index (χ3n) is 2.50. The van der Waals surface area contributed by atoms with Crippen molar-refractivity contribution in [3.05, 3.63) is 35.8 Å². The lowest BCUT2D eigenvalue weighted by molar-refractivity contribution is 0.606. The lowest BCUT2D eigenvalue weighted by atomic mass is 10.2. The number of thioether (sulfide) groups is 1. The number of nitrogens with one attached hydrogen (secondary N) is 1. The molecule has 0 radical (unpaired) electrons. The average Bonchev–Trinajstić information content (AvgIpc) is 2.42. The Morgan fingerprint density at radius 2 is 1.89 bits per heavy atom. The number of nitrogens with two attached hydrogens (primary N) is 1. The highest BCUT2D eigenvalue weighted by molar-refractivity contribution is 7.98. The van der Waals surface area contributed by atoms with Crippen LogP contribution in [0.25, 0.3) is 11.4 Å². The molecule has 0 aliphatic rings. The van der Waals surface area contributed by atoms with Gasteiger partial charge in [-0.25, -0.2) is 20.2 Å². The van der Waals surface area contributed by atoms with E-state index < -0.39 is 5.82 Å². The Morgan fingerprint density at radius 3 is 2.44 bits per heavy atom. The molecule has 0 aliphatic carbocycles. The maximum Gasteiger partial charge on any atom is 0.187 e. The SMILES string of the molecule is CSc1ccc(-c2nc(C)c(F)c(NN)n2)cc1. The van der Waals surface area contributed by atoms with Crippen molar-refractivity contribution in [1.82, 2.24) is 9.97 Å². The fourth-order valence-corrected chi connectivity index (χ4v) is 1.93. The lowest BCUT2D eigenvalue weighted by Gasteiger charge is -2.07. The van der Waals surface area contributed by atoms with Gasteiger partial charge in [-0.15, -0.1) is 11.8 Å². The molecule has 4 nitrogen and oxygen atoms in total. The summed E-state index contributed by atoms with van der Waals surface area (Å²) in [5.74, 6) is 5.16. The van der Waals surface area contributed by atoms with E-state index in [2.05, 4.69) is 15.4 Å². The molecular formula is C12H13FN4S. The molecule has 0 saturated heterocycles. The summed E-state index contributed by atoms with van der Waals surface area (Å²) < 4.78 is 13.5. The van der Waals surface area contributed by atoms with E-state index in [1.54, 1.807) is 18.7 Å². The van der Waals surface area contributed by atoms with Gasteiger partial charge in [0.25, 0.3) is 0 Å². The molecule has 1 aromatic carbocycles. The Bertz CT molecular complexity index is 557. The van der Waals surface area contributed by atoms with E-state index in [4.69, 9.17) is 5.84 Å². The Balaban J connectivity index is 2.46. The smallest absolute Gasteiger partial charge is 0.187 e. The van der Waals surface area contributed by atoms with Gasteiger partial charge >= 0.3 is 0 Å². The molecule has 2 rings (SSSR count). The molecule has 94 valence electrons. The summed E-state index contributed by atoms with van der Waals surface area (Å²) in [4.78, 5) is 9.31. The largest absolute Gasteiger partial charge is 0.306 e. The molecule has 1 aromatic heterocycles. The van der Waals surface area contributed by atoms with E-state index in [0.717, 1.165) is 10.5 Å². The molecule has 0 bridgehead atoms. The van der Waals surface area contributed by atoms with Crippen LogP contribution in [-0.2, 0) is 0 Å². The van der Waals surface area contributed by atoms with E-state index in [0.29, 0.717) is 5.82 Å². The first-order valence-corrected chi connectivity index (χ1v) is 6.53. The Kier molecular flexibility index (Phi) is 3.78. The first-order valence-electron chi connectivity index (χ1n) is 5.31. The minimum Gasteiger partial charge on any atom is -0.306 e. The normalized spacial score (nSPS) is 10.4. The van der Waals surface area contributed by atoms with Crippen molar-refractivity contribution in [2.45, 2.75) is 11.8 Å². The van der Waals surface area contributed by atoms with Crippen LogP contribution in [0.3, 0.4) is 0 Å². The first-order chi connectivity index (χ1) is 8.65. The monoisotopic (exact) mass is 264 g/mol. The molecule has 0 fully saturated rings. The summed E-state index contributed by atoms with van der Waals surface area (Å²) in [6.45, 7) is 1.58. The van der Waals surface area contributed by atoms with Gasteiger partial charge in [-0.05, 0) is 25.3 Å². The number of rotatable bonds is 3. The second-order valence-electron chi connectivity index (χ2n) is 3.67. The van der Waals surface area contributed by atoms with Gasteiger partial charge in [0.2, 0.25) is 0 Å². The molecule has 0 amide bonds. The molecular weight excluding hydrogens is 251 g/mol. The molecule has 1 heterocycles. The standard InChI is InChI=1S/C12H13FN4S/c1-7-10(13)12(17-14)16-11(15-7)8-3-5-9(18-2)6-4-8/h3-6H,14H2,1-2H3,(H,15,16,17). The van der Waals surface area contributed by atoms with Crippen LogP contribution in [0, 0.1) is 12.7 Å². The van der Waals surface area contributed by atoms with E-state index in [9.17, 15) is 4.39 Å². The maximum atomic E-state index is 13.5. The summed E-state index contributed by atoms with van der Waals surface area (Å²) in [7, 11) is 0. The molecule has 0 saturated carbocycles. The van der Waals surface area contributed by atoms with E-state index in [-0.39, 0.29) is 11.5 Å². The predicted molar refractivity (Wildman–Crippen MR) is 71.8 cm³/mol. The Morgan fingerprint density at radius 1 is 1.22 bits per heavy atom. The summed E-state index contributed by atoms with van der Waals surface area (Å²) in [6.07, 6.45) is 2.00. The molecule has 0 atom stereocenters. The van der Waals surface area contributed by atoms with Crippen LogP contribution < -0.4 is 11.3 Å². The molecule has 6 heteroatoms. The zero-order valence-electron chi connectivity index (χ0n) is 10.1. The quantitative estimate of drug-likeness (QED) is 0.507. The van der Waals surface area contributed by atoms with Gasteiger partial charge < -0.3 is 5.43 Å².